The van der Waals surface area contributed by atoms with Crippen LogP contribution < -0.4 is 10.6 Å². The average molecular weight is 476 g/mol. The molecule has 3 atom stereocenters. The molecule has 7 nitrogen and oxygen atoms in total. The van der Waals surface area contributed by atoms with E-state index in [1.807, 2.05) is 32.0 Å². The molecule has 0 saturated carbocycles. The van der Waals surface area contributed by atoms with Gasteiger partial charge in [-0.1, -0.05) is 38.5 Å². The van der Waals surface area contributed by atoms with E-state index >= 15 is 0 Å². The van der Waals surface area contributed by atoms with E-state index in [9.17, 15) is 22.4 Å². The lowest BCUT2D eigenvalue weighted by atomic mass is 9.94. The van der Waals surface area contributed by atoms with Crippen molar-refractivity contribution in [3.8, 4) is 0 Å². The summed E-state index contributed by atoms with van der Waals surface area (Å²) in [6.45, 7) is 4.13. The summed E-state index contributed by atoms with van der Waals surface area (Å²) in [4.78, 5) is 26.0. The minimum atomic E-state index is -3.84. The van der Waals surface area contributed by atoms with E-state index < -0.39 is 27.8 Å². The topological polar surface area (TPSA) is 95.6 Å². The fourth-order valence-electron chi connectivity index (χ4n) is 3.84. The fraction of sp³-hybridized carbons (Fsp3) is 0.417. The minimum absolute atomic E-state index is 0.00956. The predicted octanol–water partition coefficient (Wildman–Crippen LogP) is 3.40. The number of sulfonamides is 1. The first-order chi connectivity index (χ1) is 15.7. The maximum absolute atomic E-state index is 13.2. The van der Waals surface area contributed by atoms with Gasteiger partial charge in [-0.05, 0) is 55.2 Å². The maximum atomic E-state index is 13.2. The van der Waals surface area contributed by atoms with Crippen LogP contribution in [0.1, 0.15) is 33.1 Å². The van der Waals surface area contributed by atoms with Crippen LogP contribution in [0.15, 0.2) is 59.5 Å². The average Bonchev–Trinajstić information content (AvgIpc) is 2.82. The lowest BCUT2D eigenvalue weighted by Crippen LogP contribution is -2.52. The van der Waals surface area contributed by atoms with Crippen molar-refractivity contribution < 1.29 is 22.4 Å². The summed E-state index contributed by atoms with van der Waals surface area (Å²) in [6.07, 6.45) is 1.72. The number of rotatable bonds is 8. The van der Waals surface area contributed by atoms with E-state index in [1.165, 1.54) is 16.4 Å². The molecule has 9 heteroatoms. The van der Waals surface area contributed by atoms with Crippen LogP contribution in [-0.2, 0) is 19.6 Å². The van der Waals surface area contributed by atoms with Crippen LogP contribution in [0.25, 0.3) is 0 Å². The first-order valence-electron chi connectivity index (χ1n) is 11.1. The van der Waals surface area contributed by atoms with E-state index in [-0.39, 0.29) is 35.7 Å². The molecule has 2 N–H and O–H groups in total. The van der Waals surface area contributed by atoms with E-state index in [2.05, 4.69) is 10.6 Å². The Balaban J connectivity index is 1.70. The zero-order valence-corrected chi connectivity index (χ0v) is 19.6. The highest BCUT2D eigenvalue weighted by Gasteiger charge is 2.35. The zero-order valence-electron chi connectivity index (χ0n) is 18.8. The molecule has 178 valence electrons. The molecule has 2 aromatic rings. The molecule has 2 aromatic carbocycles. The summed E-state index contributed by atoms with van der Waals surface area (Å²) in [7, 11) is -3.84. The first-order valence-corrected chi connectivity index (χ1v) is 12.6. The number of hydrogen-bond acceptors (Lipinski definition) is 4. The summed E-state index contributed by atoms with van der Waals surface area (Å²) in [5, 5.41) is 5.69. The standard InChI is InChI=1S/C24H30FN3O4S/c1-3-17(2)22(24(30)26-20-9-5-4-6-10-20)27-23(29)18-8-7-15-28(16-18)33(31,32)21-13-11-19(25)12-14-21/h4-6,9-14,17-18,22H,3,7-8,15-16H2,1-2H3,(H,26,30)(H,27,29)/t17?,18?,22-/m0/s1. The van der Waals surface area contributed by atoms with Crippen molar-refractivity contribution in [1.29, 1.82) is 0 Å². The number of para-hydroxylation sites is 1. The Morgan fingerprint density at radius 2 is 1.79 bits per heavy atom. The molecule has 1 aliphatic rings. The third kappa shape index (κ3) is 6.17. The highest BCUT2D eigenvalue weighted by atomic mass is 32.2. The summed E-state index contributed by atoms with van der Waals surface area (Å²) in [6, 6.07) is 12.9. The number of benzene rings is 2. The number of anilines is 1. The monoisotopic (exact) mass is 475 g/mol. The summed E-state index contributed by atoms with van der Waals surface area (Å²) >= 11 is 0. The molecule has 1 fully saturated rings. The number of piperidine rings is 1. The Bertz CT molecular complexity index is 1060. The van der Waals surface area contributed by atoms with Crippen LogP contribution in [0.5, 0.6) is 0 Å². The van der Waals surface area contributed by atoms with Gasteiger partial charge in [-0.15, -0.1) is 0 Å². The molecular formula is C24H30FN3O4S. The zero-order chi connectivity index (χ0) is 24.0. The Labute approximate surface area is 194 Å². The van der Waals surface area contributed by atoms with Crippen LogP contribution in [0.2, 0.25) is 0 Å². The van der Waals surface area contributed by atoms with Gasteiger partial charge < -0.3 is 10.6 Å². The number of nitrogens with one attached hydrogen (secondary N) is 2. The van der Waals surface area contributed by atoms with Crippen LogP contribution in [-0.4, -0.2) is 43.7 Å². The molecule has 1 saturated heterocycles. The second-order valence-corrected chi connectivity index (χ2v) is 10.3. The van der Waals surface area contributed by atoms with E-state index in [1.54, 1.807) is 12.1 Å². The normalized spacial score (nSPS) is 18.8. The highest BCUT2D eigenvalue weighted by molar-refractivity contribution is 7.89. The molecule has 33 heavy (non-hydrogen) atoms. The minimum Gasteiger partial charge on any atom is -0.344 e. The summed E-state index contributed by atoms with van der Waals surface area (Å²) in [5.41, 5.74) is 0.638. The quantitative estimate of drug-likeness (QED) is 0.612. The number of amides is 2. The van der Waals surface area contributed by atoms with Crippen molar-refractivity contribution in [2.24, 2.45) is 11.8 Å². The Kier molecular flexibility index (Phi) is 8.20. The molecule has 0 bridgehead atoms. The molecule has 3 rings (SSSR count). The Morgan fingerprint density at radius 3 is 2.42 bits per heavy atom. The Morgan fingerprint density at radius 1 is 1.12 bits per heavy atom. The van der Waals surface area contributed by atoms with E-state index in [0.717, 1.165) is 12.1 Å². The smallest absolute Gasteiger partial charge is 0.247 e. The number of halogens is 1. The van der Waals surface area contributed by atoms with Gasteiger partial charge in [-0.2, -0.15) is 4.31 Å². The van der Waals surface area contributed by atoms with Crippen molar-refractivity contribution in [2.45, 2.75) is 44.0 Å². The molecule has 0 spiro atoms. The van der Waals surface area contributed by atoms with Crippen LogP contribution >= 0.6 is 0 Å². The summed E-state index contributed by atoms with van der Waals surface area (Å²) in [5.74, 6) is -1.86. The SMILES string of the molecule is CCC(C)[C@H](NC(=O)C1CCCN(S(=O)(=O)c2ccc(F)cc2)C1)C(=O)Nc1ccccc1. The second kappa shape index (κ2) is 10.9. The van der Waals surface area contributed by atoms with E-state index in [0.29, 0.717) is 24.9 Å². The molecule has 2 unspecified atom stereocenters. The molecule has 1 heterocycles. The Hall–Kier alpha value is -2.78. The van der Waals surface area contributed by atoms with Crippen LogP contribution in [0, 0.1) is 17.7 Å². The first kappa shape index (κ1) is 24.9. The van der Waals surface area contributed by atoms with Gasteiger partial charge in [0.05, 0.1) is 10.8 Å². The number of hydrogen-bond donors (Lipinski definition) is 2. The van der Waals surface area contributed by atoms with Gasteiger partial charge >= 0.3 is 0 Å². The van der Waals surface area contributed by atoms with Crippen LogP contribution in [0.4, 0.5) is 10.1 Å². The van der Waals surface area contributed by atoms with Gasteiger partial charge in [-0.25, -0.2) is 12.8 Å². The van der Waals surface area contributed by atoms with Crippen molar-refractivity contribution in [3.63, 3.8) is 0 Å². The van der Waals surface area contributed by atoms with Crippen molar-refractivity contribution in [3.05, 3.63) is 60.4 Å². The molecule has 0 aromatic heterocycles. The molecule has 2 amide bonds. The second-order valence-electron chi connectivity index (χ2n) is 8.38. The van der Waals surface area contributed by atoms with Gasteiger partial charge in [0.1, 0.15) is 11.9 Å². The van der Waals surface area contributed by atoms with Crippen molar-refractivity contribution in [2.75, 3.05) is 18.4 Å². The number of carbonyl (C=O) groups excluding carboxylic acids is 2. The third-order valence-electron chi connectivity index (χ3n) is 6.04. The van der Waals surface area contributed by atoms with Gasteiger partial charge in [0.2, 0.25) is 21.8 Å². The van der Waals surface area contributed by atoms with Gasteiger partial charge in [0, 0.05) is 18.8 Å². The molecular weight excluding hydrogens is 445 g/mol. The van der Waals surface area contributed by atoms with Gasteiger partial charge in [0.25, 0.3) is 0 Å². The predicted molar refractivity (Wildman–Crippen MR) is 124 cm³/mol. The fourth-order valence-corrected chi connectivity index (χ4v) is 5.37. The molecule has 1 aliphatic heterocycles. The maximum Gasteiger partial charge on any atom is 0.247 e. The van der Waals surface area contributed by atoms with Crippen molar-refractivity contribution in [1.82, 2.24) is 9.62 Å². The third-order valence-corrected chi connectivity index (χ3v) is 7.92. The van der Waals surface area contributed by atoms with E-state index in [4.69, 9.17) is 0 Å². The van der Waals surface area contributed by atoms with Gasteiger partial charge in [0.15, 0.2) is 0 Å². The van der Waals surface area contributed by atoms with Crippen LogP contribution in [0.3, 0.4) is 0 Å². The summed E-state index contributed by atoms with van der Waals surface area (Å²) < 4.78 is 40.4. The number of nitrogens with zero attached hydrogens (tertiary/aromatic N) is 1. The molecule has 0 aliphatic carbocycles. The lowest BCUT2D eigenvalue weighted by Gasteiger charge is -2.32. The number of carbonyl (C=O) groups is 2. The lowest BCUT2D eigenvalue weighted by molar-refractivity contribution is -0.131. The molecule has 0 radical (unpaired) electrons. The van der Waals surface area contributed by atoms with Crippen molar-refractivity contribution >= 4 is 27.5 Å². The van der Waals surface area contributed by atoms with Gasteiger partial charge in [-0.3, -0.25) is 9.59 Å². The highest BCUT2D eigenvalue weighted by Crippen LogP contribution is 2.25. The largest absolute Gasteiger partial charge is 0.344 e.